The van der Waals surface area contributed by atoms with Crippen molar-refractivity contribution in [1.29, 1.82) is 0 Å². The zero-order chi connectivity index (χ0) is 15.1. The molecular weight excluding hydrogens is 286 g/mol. The molecule has 0 fully saturated rings. The predicted molar refractivity (Wildman–Crippen MR) is 69.0 cm³/mol. The van der Waals surface area contributed by atoms with Crippen LogP contribution in [0.1, 0.15) is 10.4 Å². The molecule has 0 spiro atoms. The molecule has 0 aliphatic carbocycles. The first-order valence-corrected chi connectivity index (χ1v) is 5.94. The van der Waals surface area contributed by atoms with Crippen molar-refractivity contribution < 1.29 is 22.4 Å². The molecule has 0 unspecified atom stereocenters. The van der Waals surface area contributed by atoms with Gasteiger partial charge in [-0.25, -0.2) is 17.6 Å². The van der Waals surface area contributed by atoms with Crippen LogP contribution in [0.4, 0.5) is 17.6 Å². The van der Waals surface area contributed by atoms with Gasteiger partial charge in [-0.15, -0.1) is 0 Å². The molecule has 0 aliphatic rings. The van der Waals surface area contributed by atoms with Crippen molar-refractivity contribution >= 4 is 17.2 Å². The van der Waals surface area contributed by atoms with Crippen LogP contribution in [0.3, 0.4) is 0 Å². The summed E-state index contributed by atoms with van der Waals surface area (Å²) in [6, 6.07) is 5.21. The van der Waals surface area contributed by atoms with Crippen molar-refractivity contribution in [2.75, 3.05) is 0 Å². The first-order chi connectivity index (χ1) is 10.0. The maximum atomic E-state index is 13.8. The van der Waals surface area contributed by atoms with Crippen LogP contribution >= 0.6 is 0 Å². The highest BCUT2D eigenvalue weighted by Crippen LogP contribution is 2.33. The summed E-state index contributed by atoms with van der Waals surface area (Å²) in [5.74, 6) is -4.16. The molecule has 0 atom stereocenters. The molecule has 1 N–H and O–H groups in total. The van der Waals surface area contributed by atoms with Gasteiger partial charge in [0, 0.05) is 10.9 Å². The molecule has 0 saturated carbocycles. The van der Waals surface area contributed by atoms with E-state index in [1.807, 2.05) is 0 Å². The molecule has 0 aliphatic heterocycles. The molecule has 1 heterocycles. The summed E-state index contributed by atoms with van der Waals surface area (Å²) >= 11 is 0. The Kier molecular flexibility index (Phi) is 3.01. The number of carbonyl (C=O) groups excluding carboxylic acids is 1. The Labute approximate surface area is 116 Å². The van der Waals surface area contributed by atoms with E-state index in [2.05, 4.69) is 4.98 Å². The Morgan fingerprint density at radius 1 is 0.905 bits per heavy atom. The molecule has 0 radical (unpaired) electrons. The molecular formula is C15H7F4NO. The fourth-order valence-electron chi connectivity index (χ4n) is 2.28. The minimum Gasteiger partial charge on any atom is -0.351 e. The lowest BCUT2D eigenvalue weighted by molar-refractivity contribution is 0.112. The number of aromatic amines is 1. The van der Waals surface area contributed by atoms with Gasteiger partial charge in [0.2, 0.25) is 0 Å². The van der Waals surface area contributed by atoms with Crippen molar-refractivity contribution in [3.8, 4) is 11.3 Å². The Hall–Kier alpha value is -2.63. The van der Waals surface area contributed by atoms with E-state index in [1.54, 1.807) is 0 Å². The maximum absolute atomic E-state index is 13.8. The molecule has 1 aromatic heterocycles. The summed E-state index contributed by atoms with van der Waals surface area (Å²) < 4.78 is 54.6. The van der Waals surface area contributed by atoms with Crippen LogP contribution in [0.5, 0.6) is 0 Å². The fraction of sp³-hybridized carbons (Fsp3) is 0. The highest BCUT2D eigenvalue weighted by Gasteiger charge is 2.21. The van der Waals surface area contributed by atoms with E-state index in [4.69, 9.17) is 0 Å². The third-order valence-corrected chi connectivity index (χ3v) is 3.23. The van der Waals surface area contributed by atoms with Crippen LogP contribution in [0.15, 0.2) is 30.3 Å². The smallest absolute Gasteiger partial charge is 0.182 e. The summed E-state index contributed by atoms with van der Waals surface area (Å²) in [5, 5.41) is 0.0570. The number of aromatic nitrogens is 1. The van der Waals surface area contributed by atoms with Crippen LogP contribution in [-0.2, 0) is 0 Å². The Balaban J connectivity index is 2.44. The van der Waals surface area contributed by atoms with Gasteiger partial charge >= 0.3 is 0 Å². The molecule has 106 valence electrons. The number of hydrogen-bond acceptors (Lipinski definition) is 1. The van der Waals surface area contributed by atoms with Gasteiger partial charge in [0.1, 0.15) is 11.6 Å². The molecule has 3 rings (SSSR count). The van der Waals surface area contributed by atoms with E-state index in [0.717, 1.165) is 24.3 Å². The van der Waals surface area contributed by atoms with Crippen molar-refractivity contribution in [2.24, 2.45) is 0 Å². The number of halogens is 4. The van der Waals surface area contributed by atoms with Crippen LogP contribution in [0.2, 0.25) is 0 Å². The van der Waals surface area contributed by atoms with Gasteiger partial charge in [-0.05, 0) is 24.3 Å². The number of carbonyl (C=O) groups is 1. The van der Waals surface area contributed by atoms with Gasteiger partial charge in [-0.3, -0.25) is 4.79 Å². The van der Waals surface area contributed by atoms with E-state index < -0.39 is 28.8 Å². The number of rotatable bonds is 2. The molecule has 2 aromatic carbocycles. The van der Waals surface area contributed by atoms with Crippen LogP contribution in [0, 0.1) is 23.3 Å². The van der Waals surface area contributed by atoms with Crippen LogP contribution in [-0.4, -0.2) is 11.3 Å². The van der Waals surface area contributed by atoms with Crippen LogP contribution < -0.4 is 0 Å². The Morgan fingerprint density at radius 3 is 2.19 bits per heavy atom. The molecule has 0 bridgehead atoms. The summed E-state index contributed by atoms with van der Waals surface area (Å²) in [4.78, 5) is 13.6. The van der Waals surface area contributed by atoms with Gasteiger partial charge < -0.3 is 4.98 Å². The highest BCUT2D eigenvalue weighted by molar-refractivity contribution is 6.04. The molecule has 3 aromatic rings. The van der Waals surface area contributed by atoms with Gasteiger partial charge in [0.05, 0.1) is 16.8 Å². The van der Waals surface area contributed by atoms with Gasteiger partial charge in [0.15, 0.2) is 17.9 Å². The maximum Gasteiger partial charge on any atom is 0.182 e. The standard InChI is InChI=1S/C15H7F4NO/c16-9-2-1-3-10(17)12(9)14-8(6-21)7-4-5-11(18)13(19)15(7)20-14/h1-6,20H. The second-order valence-corrected chi connectivity index (χ2v) is 4.41. The number of aldehydes is 1. The first-order valence-electron chi connectivity index (χ1n) is 5.94. The zero-order valence-corrected chi connectivity index (χ0v) is 10.4. The van der Waals surface area contributed by atoms with E-state index in [0.29, 0.717) is 6.29 Å². The van der Waals surface area contributed by atoms with Crippen molar-refractivity contribution in [2.45, 2.75) is 0 Å². The van der Waals surface area contributed by atoms with E-state index >= 15 is 0 Å². The number of H-pyrrole nitrogens is 1. The topological polar surface area (TPSA) is 32.9 Å². The normalized spacial score (nSPS) is 11.0. The minimum atomic E-state index is -1.21. The third-order valence-electron chi connectivity index (χ3n) is 3.23. The summed E-state index contributed by atoms with van der Waals surface area (Å²) in [7, 11) is 0. The lowest BCUT2D eigenvalue weighted by Gasteiger charge is -2.03. The van der Waals surface area contributed by atoms with Gasteiger partial charge in [-0.2, -0.15) is 0 Å². The van der Waals surface area contributed by atoms with Gasteiger partial charge in [-0.1, -0.05) is 6.07 Å². The molecule has 6 heteroatoms. The zero-order valence-electron chi connectivity index (χ0n) is 10.4. The molecule has 21 heavy (non-hydrogen) atoms. The van der Waals surface area contributed by atoms with E-state index in [9.17, 15) is 22.4 Å². The average molecular weight is 293 g/mol. The van der Waals surface area contributed by atoms with Crippen LogP contribution in [0.25, 0.3) is 22.2 Å². The second-order valence-electron chi connectivity index (χ2n) is 4.41. The third kappa shape index (κ3) is 1.91. The minimum absolute atomic E-state index is 0.0570. The predicted octanol–water partition coefficient (Wildman–Crippen LogP) is 4.20. The summed E-state index contributed by atoms with van der Waals surface area (Å²) in [6.45, 7) is 0. The van der Waals surface area contributed by atoms with Crippen molar-refractivity contribution in [3.63, 3.8) is 0 Å². The first kappa shape index (κ1) is 13.4. The number of hydrogen-bond donors (Lipinski definition) is 1. The average Bonchev–Trinajstić information content (AvgIpc) is 2.82. The second kappa shape index (κ2) is 4.73. The molecule has 0 amide bonds. The summed E-state index contributed by atoms with van der Waals surface area (Å²) in [5.41, 5.74) is -1.15. The number of fused-ring (bicyclic) bond motifs is 1. The highest BCUT2D eigenvalue weighted by atomic mass is 19.2. The number of benzene rings is 2. The van der Waals surface area contributed by atoms with E-state index in [-0.39, 0.29) is 22.2 Å². The largest absolute Gasteiger partial charge is 0.351 e. The number of nitrogens with one attached hydrogen (secondary N) is 1. The Morgan fingerprint density at radius 2 is 1.57 bits per heavy atom. The lowest BCUT2D eigenvalue weighted by atomic mass is 10.1. The fourth-order valence-corrected chi connectivity index (χ4v) is 2.28. The molecule has 0 saturated heterocycles. The van der Waals surface area contributed by atoms with Gasteiger partial charge in [0.25, 0.3) is 0 Å². The monoisotopic (exact) mass is 293 g/mol. The van der Waals surface area contributed by atoms with Crippen molar-refractivity contribution in [1.82, 2.24) is 4.98 Å². The summed E-state index contributed by atoms with van der Waals surface area (Å²) in [6.07, 6.45) is 0.345. The SMILES string of the molecule is O=Cc1c(-c2c(F)cccc2F)[nH]c2c(F)c(F)ccc12. The Bertz CT molecular complexity index is 849. The quantitative estimate of drug-likeness (QED) is 0.557. The molecule has 2 nitrogen and oxygen atoms in total. The van der Waals surface area contributed by atoms with Crippen molar-refractivity contribution in [3.05, 3.63) is 59.2 Å². The van der Waals surface area contributed by atoms with E-state index in [1.165, 1.54) is 6.07 Å². The lowest BCUT2D eigenvalue weighted by Crippen LogP contribution is -1.93.